The van der Waals surface area contributed by atoms with Crippen LogP contribution in [0.4, 0.5) is 0 Å². The smallest absolute Gasteiger partial charge is 0.0300 e. The van der Waals surface area contributed by atoms with Crippen LogP contribution in [0, 0.1) is 18.8 Å². The molecule has 0 amide bonds. The van der Waals surface area contributed by atoms with Crippen molar-refractivity contribution < 1.29 is 0 Å². The molecule has 96 valence electrons. The van der Waals surface area contributed by atoms with Gasteiger partial charge in [-0.3, -0.25) is 0 Å². The first kappa shape index (κ1) is 14.7. The van der Waals surface area contributed by atoms with Gasteiger partial charge >= 0.3 is 0 Å². The summed E-state index contributed by atoms with van der Waals surface area (Å²) in [4.78, 5) is 0. The molecule has 1 aromatic rings. The van der Waals surface area contributed by atoms with Gasteiger partial charge in [0, 0.05) is 10.5 Å². The van der Waals surface area contributed by atoms with E-state index in [0.717, 1.165) is 16.8 Å². The molecule has 0 saturated heterocycles. The molecule has 2 unspecified atom stereocenters. The lowest BCUT2D eigenvalue weighted by atomic mass is 9.89. The van der Waals surface area contributed by atoms with E-state index in [2.05, 4.69) is 61.8 Å². The van der Waals surface area contributed by atoms with Crippen molar-refractivity contribution >= 4 is 15.9 Å². The van der Waals surface area contributed by atoms with Crippen LogP contribution in [0.3, 0.4) is 0 Å². The predicted octanol–water partition coefficient (Wildman–Crippen LogP) is 4.83. The summed E-state index contributed by atoms with van der Waals surface area (Å²) < 4.78 is 1.13. The second kappa shape index (κ2) is 6.55. The summed E-state index contributed by atoms with van der Waals surface area (Å²) in [7, 11) is 0. The molecule has 0 aromatic heterocycles. The molecule has 0 heterocycles. The van der Waals surface area contributed by atoms with E-state index in [0.29, 0.717) is 5.92 Å². The third-order valence-electron chi connectivity index (χ3n) is 3.16. The molecule has 0 bridgehead atoms. The van der Waals surface area contributed by atoms with Gasteiger partial charge in [0.1, 0.15) is 0 Å². The summed E-state index contributed by atoms with van der Waals surface area (Å²) in [6.07, 6.45) is 2.32. The first-order chi connectivity index (χ1) is 7.90. The second-order valence-electron chi connectivity index (χ2n) is 5.58. The van der Waals surface area contributed by atoms with Crippen LogP contribution in [0.1, 0.15) is 50.8 Å². The van der Waals surface area contributed by atoms with Gasteiger partial charge in [0.15, 0.2) is 0 Å². The molecule has 1 aromatic carbocycles. The molecule has 0 aliphatic rings. The molecule has 2 atom stereocenters. The lowest BCUT2D eigenvalue weighted by Gasteiger charge is -2.20. The number of benzene rings is 1. The van der Waals surface area contributed by atoms with Crippen molar-refractivity contribution in [3.63, 3.8) is 0 Å². The van der Waals surface area contributed by atoms with Crippen molar-refractivity contribution in [2.75, 3.05) is 0 Å². The van der Waals surface area contributed by atoms with E-state index in [1.807, 2.05) is 0 Å². The van der Waals surface area contributed by atoms with E-state index < -0.39 is 0 Å². The topological polar surface area (TPSA) is 26.0 Å². The number of halogens is 1. The second-order valence-corrected chi connectivity index (χ2v) is 6.49. The highest BCUT2D eigenvalue weighted by Crippen LogP contribution is 2.27. The van der Waals surface area contributed by atoms with Gasteiger partial charge < -0.3 is 5.73 Å². The number of hydrogen-bond acceptors (Lipinski definition) is 1. The summed E-state index contributed by atoms with van der Waals surface area (Å²) in [6.45, 7) is 8.97. The van der Waals surface area contributed by atoms with Crippen molar-refractivity contribution in [1.82, 2.24) is 0 Å². The van der Waals surface area contributed by atoms with Gasteiger partial charge in [0.2, 0.25) is 0 Å². The van der Waals surface area contributed by atoms with Gasteiger partial charge in [-0.15, -0.1) is 0 Å². The maximum absolute atomic E-state index is 6.31. The van der Waals surface area contributed by atoms with Crippen molar-refractivity contribution in [2.24, 2.45) is 17.6 Å². The van der Waals surface area contributed by atoms with Gasteiger partial charge in [0.05, 0.1) is 0 Å². The quantitative estimate of drug-likeness (QED) is 0.828. The molecule has 1 rings (SSSR count). The average Bonchev–Trinajstić information content (AvgIpc) is 2.15. The standard InChI is InChI=1S/C15H24BrN/c1-10(2)7-11(3)8-15(17)14-6-5-13(16)9-12(14)4/h5-6,9-11,15H,7-8,17H2,1-4H3. The maximum Gasteiger partial charge on any atom is 0.0300 e. The highest BCUT2D eigenvalue weighted by atomic mass is 79.9. The monoisotopic (exact) mass is 297 g/mol. The molecule has 2 heteroatoms. The van der Waals surface area contributed by atoms with Crippen molar-refractivity contribution in [3.05, 3.63) is 33.8 Å². The lowest BCUT2D eigenvalue weighted by Crippen LogP contribution is -2.16. The third-order valence-corrected chi connectivity index (χ3v) is 3.65. The van der Waals surface area contributed by atoms with E-state index in [1.54, 1.807) is 0 Å². The molecule has 1 nitrogen and oxygen atoms in total. The fourth-order valence-electron chi connectivity index (χ4n) is 2.52. The molecule has 2 N–H and O–H groups in total. The Labute approximate surface area is 114 Å². The molecule has 0 fully saturated rings. The zero-order chi connectivity index (χ0) is 13.0. The van der Waals surface area contributed by atoms with Gasteiger partial charge in [0.25, 0.3) is 0 Å². The zero-order valence-corrected chi connectivity index (χ0v) is 12.9. The number of nitrogens with two attached hydrogens (primary N) is 1. The minimum atomic E-state index is 0.164. The van der Waals surface area contributed by atoms with Crippen LogP contribution in [-0.2, 0) is 0 Å². The molecular formula is C15H24BrN. The minimum absolute atomic E-state index is 0.164. The molecular weight excluding hydrogens is 274 g/mol. The first-order valence-electron chi connectivity index (χ1n) is 6.41. The zero-order valence-electron chi connectivity index (χ0n) is 11.3. The largest absolute Gasteiger partial charge is 0.324 e. The fraction of sp³-hybridized carbons (Fsp3) is 0.600. The van der Waals surface area contributed by atoms with Crippen LogP contribution in [0.25, 0.3) is 0 Å². The summed E-state index contributed by atoms with van der Waals surface area (Å²) in [5.41, 5.74) is 8.87. The minimum Gasteiger partial charge on any atom is -0.324 e. The van der Waals surface area contributed by atoms with Crippen LogP contribution in [0.15, 0.2) is 22.7 Å². The maximum atomic E-state index is 6.31. The summed E-state index contributed by atoms with van der Waals surface area (Å²) in [5, 5.41) is 0. The van der Waals surface area contributed by atoms with Gasteiger partial charge in [-0.25, -0.2) is 0 Å². The van der Waals surface area contributed by atoms with Crippen LogP contribution >= 0.6 is 15.9 Å². The average molecular weight is 298 g/mol. The Morgan fingerprint density at radius 1 is 1.18 bits per heavy atom. The van der Waals surface area contributed by atoms with Crippen LogP contribution in [0.5, 0.6) is 0 Å². The molecule has 0 radical (unpaired) electrons. The lowest BCUT2D eigenvalue weighted by molar-refractivity contribution is 0.387. The van der Waals surface area contributed by atoms with Crippen LogP contribution in [-0.4, -0.2) is 0 Å². The fourth-order valence-corrected chi connectivity index (χ4v) is 2.99. The Morgan fingerprint density at radius 2 is 1.82 bits per heavy atom. The molecule has 0 spiro atoms. The van der Waals surface area contributed by atoms with Crippen molar-refractivity contribution in [2.45, 2.75) is 46.6 Å². The highest BCUT2D eigenvalue weighted by Gasteiger charge is 2.14. The normalized spacial score (nSPS) is 15.0. The van der Waals surface area contributed by atoms with Crippen LogP contribution in [0.2, 0.25) is 0 Å². The van der Waals surface area contributed by atoms with E-state index >= 15 is 0 Å². The van der Waals surface area contributed by atoms with Gasteiger partial charge in [-0.05, 0) is 54.9 Å². The molecule has 17 heavy (non-hydrogen) atoms. The Hall–Kier alpha value is -0.340. The summed E-state index contributed by atoms with van der Waals surface area (Å²) in [5.74, 6) is 1.44. The van der Waals surface area contributed by atoms with Crippen molar-refractivity contribution in [3.8, 4) is 0 Å². The Kier molecular flexibility index (Phi) is 5.68. The van der Waals surface area contributed by atoms with Crippen LogP contribution < -0.4 is 5.73 Å². The predicted molar refractivity (Wildman–Crippen MR) is 79.0 cm³/mol. The Balaban J connectivity index is 2.66. The SMILES string of the molecule is Cc1cc(Br)ccc1C(N)CC(C)CC(C)C. The first-order valence-corrected chi connectivity index (χ1v) is 7.21. The van der Waals surface area contributed by atoms with Gasteiger partial charge in [-0.2, -0.15) is 0 Å². The third kappa shape index (κ3) is 4.81. The van der Waals surface area contributed by atoms with E-state index in [9.17, 15) is 0 Å². The molecule has 0 saturated carbocycles. The van der Waals surface area contributed by atoms with E-state index in [4.69, 9.17) is 5.73 Å². The summed E-state index contributed by atoms with van der Waals surface area (Å²) >= 11 is 3.49. The summed E-state index contributed by atoms with van der Waals surface area (Å²) in [6, 6.07) is 6.53. The molecule has 0 aliphatic carbocycles. The number of rotatable bonds is 5. The highest BCUT2D eigenvalue weighted by molar-refractivity contribution is 9.10. The van der Waals surface area contributed by atoms with Crippen molar-refractivity contribution in [1.29, 1.82) is 0 Å². The van der Waals surface area contributed by atoms with E-state index in [-0.39, 0.29) is 6.04 Å². The molecule has 0 aliphatic heterocycles. The Morgan fingerprint density at radius 3 is 2.35 bits per heavy atom. The van der Waals surface area contributed by atoms with E-state index in [1.165, 1.54) is 17.5 Å². The Bertz CT molecular complexity index is 360. The van der Waals surface area contributed by atoms with Gasteiger partial charge in [-0.1, -0.05) is 42.8 Å². The number of hydrogen-bond donors (Lipinski definition) is 1. The number of aryl methyl sites for hydroxylation is 1.